The number of aromatic nitrogens is 1. The fourth-order valence-corrected chi connectivity index (χ4v) is 2.72. The van der Waals surface area contributed by atoms with Gasteiger partial charge in [-0.15, -0.1) is 24.8 Å². The van der Waals surface area contributed by atoms with Crippen molar-refractivity contribution in [3.05, 3.63) is 30.1 Å². The summed E-state index contributed by atoms with van der Waals surface area (Å²) in [7, 11) is 0. The lowest BCUT2D eigenvalue weighted by Gasteiger charge is -2.24. The SMILES string of the molecule is CCN(Cc1ccccn1)C(=O)CCC1CCNCC1.Cl.Cl. The zero-order valence-corrected chi connectivity index (χ0v) is 14.8. The van der Waals surface area contributed by atoms with E-state index < -0.39 is 0 Å². The average Bonchev–Trinajstić information content (AvgIpc) is 2.52. The summed E-state index contributed by atoms with van der Waals surface area (Å²) in [5.74, 6) is 0.977. The average molecular weight is 348 g/mol. The minimum atomic E-state index is 0. The van der Waals surface area contributed by atoms with Crippen LogP contribution in [0.1, 0.15) is 38.3 Å². The number of rotatable bonds is 6. The van der Waals surface area contributed by atoms with Gasteiger partial charge in [0.15, 0.2) is 0 Å². The number of piperidine rings is 1. The summed E-state index contributed by atoms with van der Waals surface area (Å²) in [5.41, 5.74) is 0.963. The minimum absolute atomic E-state index is 0. The Morgan fingerprint density at radius 2 is 2.05 bits per heavy atom. The highest BCUT2D eigenvalue weighted by molar-refractivity contribution is 5.85. The number of nitrogens with zero attached hydrogens (tertiary/aromatic N) is 2. The first-order valence-corrected chi connectivity index (χ1v) is 7.68. The lowest BCUT2D eigenvalue weighted by atomic mass is 9.93. The van der Waals surface area contributed by atoms with E-state index in [0.717, 1.165) is 31.7 Å². The van der Waals surface area contributed by atoms with E-state index in [-0.39, 0.29) is 30.7 Å². The van der Waals surface area contributed by atoms with Crippen molar-refractivity contribution in [2.45, 2.75) is 39.2 Å². The highest BCUT2D eigenvalue weighted by Crippen LogP contribution is 2.18. The highest BCUT2D eigenvalue weighted by Gasteiger charge is 2.17. The van der Waals surface area contributed by atoms with Gasteiger partial charge < -0.3 is 10.2 Å². The van der Waals surface area contributed by atoms with Crippen LogP contribution in [0.2, 0.25) is 0 Å². The molecule has 22 heavy (non-hydrogen) atoms. The summed E-state index contributed by atoms with van der Waals surface area (Å²) >= 11 is 0. The van der Waals surface area contributed by atoms with Gasteiger partial charge in [0.05, 0.1) is 12.2 Å². The molecule has 1 N–H and O–H groups in total. The van der Waals surface area contributed by atoms with Crippen LogP contribution in [-0.2, 0) is 11.3 Å². The second-order valence-corrected chi connectivity index (χ2v) is 5.46. The summed E-state index contributed by atoms with van der Waals surface area (Å²) in [6.07, 6.45) is 5.90. The van der Waals surface area contributed by atoms with Crippen LogP contribution in [0.3, 0.4) is 0 Å². The molecule has 1 aromatic heterocycles. The van der Waals surface area contributed by atoms with E-state index in [1.54, 1.807) is 6.20 Å². The first-order chi connectivity index (χ1) is 9.79. The second kappa shape index (κ2) is 11.7. The summed E-state index contributed by atoms with van der Waals surface area (Å²) in [6, 6.07) is 5.84. The normalized spacial score (nSPS) is 14.6. The van der Waals surface area contributed by atoms with Gasteiger partial charge in [0.1, 0.15) is 0 Å². The van der Waals surface area contributed by atoms with Gasteiger partial charge in [-0.3, -0.25) is 9.78 Å². The molecular formula is C16H27Cl2N3O. The lowest BCUT2D eigenvalue weighted by Crippen LogP contribution is -2.32. The van der Waals surface area contributed by atoms with Crippen molar-refractivity contribution in [3.63, 3.8) is 0 Å². The molecule has 0 saturated carbocycles. The summed E-state index contributed by atoms with van der Waals surface area (Å²) in [6.45, 7) is 5.62. The molecular weight excluding hydrogens is 321 g/mol. The van der Waals surface area contributed by atoms with Crippen LogP contribution < -0.4 is 5.32 Å². The number of pyridine rings is 1. The molecule has 1 amide bonds. The molecule has 1 aliphatic heterocycles. The fourth-order valence-electron chi connectivity index (χ4n) is 2.72. The Bertz CT molecular complexity index is 411. The molecule has 2 rings (SSSR count). The Labute approximate surface area is 145 Å². The zero-order valence-electron chi connectivity index (χ0n) is 13.2. The molecule has 1 fully saturated rings. The molecule has 1 saturated heterocycles. The van der Waals surface area contributed by atoms with E-state index in [1.165, 1.54) is 12.8 Å². The van der Waals surface area contributed by atoms with Crippen LogP contribution >= 0.6 is 24.8 Å². The molecule has 0 aliphatic carbocycles. The molecule has 2 heterocycles. The molecule has 0 spiro atoms. The predicted octanol–water partition coefficient (Wildman–Crippen LogP) is 3.05. The maximum absolute atomic E-state index is 12.3. The molecule has 0 atom stereocenters. The maximum atomic E-state index is 12.3. The number of nitrogens with one attached hydrogen (secondary N) is 1. The van der Waals surface area contributed by atoms with Crippen LogP contribution in [0.4, 0.5) is 0 Å². The number of hydrogen-bond acceptors (Lipinski definition) is 3. The van der Waals surface area contributed by atoms with Gasteiger partial charge in [0.2, 0.25) is 5.91 Å². The summed E-state index contributed by atoms with van der Waals surface area (Å²) in [4.78, 5) is 18.5. The van der Waals surface area contributed by atoms with Gasteiger partial charge in [-0.25, -0.2) is 0 Å². The predicted molar refractivity (Wildman–Crippen MR) is 94.7 cm³/mol. The first kappa shape index (κ1) is 21.2. The van der Waals surface area contributed by atoms with Crippen LogP contribution in [0.15, 0.2) is 24.4 Å². The Kier molecular flexibility index (Phi) is 11.2. The monoisotopic (exact) mass is 347 g/mol. The molecule has 1 aromatic rings. The topological polar surface area (TPSA) is 45.2 Å². The van der Waals surface area contributed by atoms with Crippen LogP contribution in [0.25, 0.3) is 0 Å². The largest absolute Gasteiger partial charge is 0.337 e. The summed E-state index contributed by atoms with van der Waals surface area (Å²) in [5, 5.41) is 3.37. The Balaban J connectivity index is 0.00000220. The Morgan fingerprint density at radius 1 is 1.32 bits per heavy atom. The second-order valence-electron chi connectivity index (χ2n) is 5.46. The van der Waals surface area contributed by atoms with Crippen molar-refractivity contribution in [3.8, 4) is 0 Å². The Morgan fingerprint density at radius 3 is 2.64 bits per heavy atom. The smallest absolute Gasteiger partial charge is 0.222 e. The number of carbonyl (C=O) groups is 1. The van der Waals surface area contributed by atoms with Crippen LogP contribution in [-0.4, -0.2) is 35.4 Å². The van der Waals surface area contributed by atoms with E-state index in [1.807, 2.05) is 30.0 Å². The van der Waals surface area contributed by atoms with Crippen molar-refractivity contribution in [2.75, 3.05) is 19.6 Å². The van der Waals surface area contributed by atoms with E-state index in [0.29, 0.717) is 18.9 Å². The molecule has 0 bridgehead atoms. The van der Waals surface area contributed by atoms with Gasteiger partial charge in [-0.2, -0.15) is 0 Å². The third kappa shape index (κ3) is 6.95. The van der Waals surface area contributed by atoms with Crippen molar-refractivity contribution in [1.29, 1.82) is 0 Å². The van der Waals surface area contributed by atoms with E-state index in [9.17, 15) is 4.79 Å². The van der Waals surface area contributed by atoms with Crippen molar-refractivity contribution < 1.29 is 4.79 Å². The van der Waals surface area contributed by atoms with Gasteiger partial charge in [0, 0.05) is 19.2 Å². The van der Waals surface area contributed by atoms with E-state index in [2.05, 4.69) is 10.3 Å². The van der Waals surface area contributed by atoms with Crippen molar-refractivity contribution in [2.24, 2.45) is 5.92 Å². The van der Waals surface area contributed by atoms with Crippen LogP contribution in [0.5, 0.6) is 0 Å². The van der Waals surface area contributed by atoms with Crippen molar-refractivity contribution in [1.82, 2.24) is 15.2 Å². The third-order valence-electron chi connectivity index (χ3n) is 4.04. The van der Waals surface area contributed by atoms with E-state index in [4.69, 9.17) is 0 Å². The zero-order chi connectivity index (χ0) is 14.2. The molecule has 6 heteroatoms. The quantitative estimate of drug-likeness (QED) is 0.859. The standard InChI is InChI=1S/C16H25N3O.2ClH/c1-2-19(13-15-5-3-4-10-18-15)16(20)7-6-14-8-11-17-12-9-14;;/h3-5,10,14,17H,2,6-9,11-13H2,1H3;2*1H. The lowest BCUT2D eigenvalue weighted by molar-refractivity contribution is -0.132. The minimum Gasteiger partial charge on any atom is -0.337 e. The van der Waals surface area contributed by atoms with Crippen LogP contribution in [0, 0.1) is 5.92 Å². The number of halogens is 2. The number of carbonyl (C=O) groups excluding carboxylic acids is 1. The van der Waals surface area contributed by atoms with Gasteiger partial charge in [-0.1, -0.05) is 6.07 Å². The van der Waals surface area contributed by atoms with Gasteiger partial charge >= 0.3 is 0 Å². The molecule has 0 aromatic carbocycles. The summed E-state index contributed by atoms with van der Waals surface area (Å²) < 4.78 is 0. The van der Waals surface area contributed by atoms with Crippen molar-refractivity contribution >= 4 is 30.7 Å². The first-order valence-electron chi connectivity index (χ1n) is 7.68. The maximum Gasteiger partial charge on any atom is 0.222 e. The third-order valence-corrected chi connectivity index (χ3v) is 4.04. The molecule has 4 nitrogen and oxygen atoms in total. The van der Waals surface area contributed by atoms with E-state index >= 15 is 0 Å². The Hall–Kier alpha value is -0.840. The molecule has 1 aliphatic rings. The fraction of sp³-hybridized carbons (Fsp3) is 0.625. The number of hydrogen-bond donors (Lipinski definition) is 1. The van der Waals surface area contributed by atoms with Gasteiger partial charge in [0.25, 0.3) is 0 Å². The van der Waals surface area contributed by atoms with Gasteiger partial charge in [-0.05, 0) is 57.3 Å². The highest BCUT2D eigenvalue weighted by atomic mass is 35.5. The molecule has 0 radical (unpaired) electrons. The number of amides is 1. The molecule has 126 valence electrons. The molecule has 0 unspecified atom stereocenters.